The molecule has 1 unspecified atom stereocenters. The first kappa shape index (κ1) is 5.97. The number of aliphatic hydroxyl groups excluding tert-OH is 1. The zero-order valence-corrected chi connectivity index (χ0v) is 5.58. The van der Waals surface area contributed by atoms with Gasteiger partial charge in [-0.25, -0.2) is 4.79 Å². The number of carbonyl (C=O) groups excluding carboxylic acids is 1. The van der Waals surface area contributed by atoms with Gasteiger partial charge in [0.15, 0.2) is 0 Å². The van der Waals surface area contributed by atoms with Gasteiger partial charge in [0.25, 0.3) is 0 Å². The minimum atomic E-state index is -0.295. The van der Waals surface area contributed by atoms with E-state index in [1.165, 1.54) is 0 Å². The van der Waals surface area contributed by atoms with E-state index in [1.807, 2.05) is 0 Å². The molecule has 0 bridgehead atoms. The van der Waals surface area contributed by atoms with E-state index in [2.05, 4.69) is 5.32 Å². The fourth-order valence-corrected chi connectivity index (χ4v) is 1.64. The second-order valence-corrected chi connectivity index (χ2v) is 2.88. The molecule has 10 heavy (non-hydrogen) atoms. The Labute approximate surface area is 58.8 Å². The third-order valence-corrected chi connectivity index (χ3v) is 2.14. The Morgan fingerprint density at radius 3 is 3.20 bits per heavy atom. The van der Waals surface area contributed by atoms with Crippen LogP contribution >= 0.6 is 0 Å². The van der Waals surface area contributed by atoms with Gasteiger partial charge in [0.05, 0.1) is 12.1 Å². The Morgan fingerprint density at radius 2 is 2.50 bits per heavy atom. The first-order valence-electron chi connectivity index (χ1n) is 3.50. The minimum Gasteiger partial charge on any atom is -0.391 e. The molecule has 2 atom stereocenters. The van der Waals surface area contributed by atoms with Crippen molar-refractivity contribution in [1.82, 2.24) is 10.2 Å². The molecule has 0 aromatic heterocycles. The van der Waals surface area contributed by atoms with Gasteiger partial charge in [0.1, 0.15) is 0 Å². The quantitative estimate of drug-likeness (QED) is 0.462. The highest BCUT2D eigenvalue weighted by atomic mass is 16.3. The monoisotopic (exact) mass is 142 g/mol. The zero-order valence-electron chi connectivity index (χ0n) is 5.58. The van der Waals surface area contributed by atoms with Crippen LogP contribution in [0.2, 0.25) is 0 Å². The number of nitrogens with zero attached hydrogens (tertiary/aromatic N) is 1. The van der Waals surface area contributed by atoms with Crippen LogP contribution in [0.5, 0.6) is 0 Å². The van der Waals surface area contributed by atoms with Crippen LogP contribution in [0.15, 0.2) is 0 Å². The lowest BCUT2D eigenvalue weighted by Gasteiger charge is -2.10. The second-order valence-electron chi connectivity index (χ2n) is 2.88. The lowest BCUT2D eigenvalue weighted by Crippen LogP contribution is -2.30. The Bertz CT molecular complexity index is 171. The van der Waals surface area contributed by atoms with Crippen molar-refractivity contribution in [2.24, 2.45) is 0 Å². The van der Waals surface area contributed by atoms with Crippen LogP contribution in [-0.2, 0) is 0 Å². The van der Waals surface area contributed by atoms with Crippen LogP contribution in [0, 0.1) is 0 Å². The summed E-state index contributed by atoms with van der Waals surface area (Å²) >= 11 is 0. The van der Waals surface area contributed by atoms with Crippen LogP contribution < -0.4 is 5.32 Å². The van der Waals surface area contributed by atoms with Crippen molar-refractivity contribution in [3.8, 4) is 0 Å². The van der Waals surface area contributed by atoms with E-state index < -0.39 is 0 Å². The summed E-state index contributed by atoms with van der Waals surface area (Å²) in [5.41, 5.74) is 0. The van der Waals surface area contributed by atoms with Crippen molar-refractivity contribution < 1.29 is 9.90 Å². The molecule has 0 spiro atoms. The lowest BCUT2D eigenvalue weighted by molar-refractivity contribution is 0.174. The Balaban J connectivity index is 2.12. The first-order chi connectivity index (χ1) is 4.77. The van der Waals surface area contributed by atoms with E-state index in [0.29, 0.717) is 13.1 Å². The van der Waals surface area contributed by atoms with Gasteiger partial charge in [-0.1, -0.05) is 0 Å². The summed E-state index contributed by atoms with van der Waals surface area (Å²) in [5.74, 6) is 0. The third-order valence-electron chi connectivity index (χ3n) is 2.14. The molecular weight excluding hydrogens is 132 g/mol. The highest BCUT2D eigenvalue weighted by molar-refractivity contribution is 5.77. The fraction of sp³-hybridized carbons (Fsp3) is 0.833. The van der Waals surface area contributed by atoms with E-state index >= 15 is 0 Å². The predicted octanol–water partition coefficient (Wildman–Crippen LogP) is -0.855. The molecule has 0 radical (unpaired) electrons. The molecule has 4 heteroatoms. The summed E-state index contributed by atoms with van der Waals surface area (Å²) in [6, 6.07) is 0.226. The molecule has 2 heterocycles. The van der Waals surface area contributed by atoms with Gasteiger partial charge in [-0.3, -0.25) is 0 Å². The first-order valence-corrected chi connectivity index (χ1v) is 3.50. The van der Waals surface area contributed by atoms with Crippen molar-refractivity contribution in [3.63, 3.8) is 0 Å². The van der Waals surface area contributed by atoms with Gasteiger partial charge in [0.2, 0.25) is 0 Å². The topological polar surface area (TPSA) is 52.6 Å². The van der Waals surface area contributed by atoms with Crippen molar-refractivity contribution in [3.05, 3.63) is 0 Å². The smallest absolute Gasteiger partial charge is 0.317 e. The average molecular weight is 142 g/mol. The van der Waals surface area contributed by atoms with E-state index in [1.54, 1.807) is 4.90 Å². The summed E-state index contributed by atoms with van der Waals surface area (Å²) in [6.07, 6.45) is 0.440. The standard InChI is InChI=1S/C6H10N2O2/c9-5-1-4-2-7-6(10)8(4)3-5/h4-5,9H,1-3H2,(H,7,10)/t4-,5?/m0/s1. The van der Waals surface area contributed by atoms with Crippen molar-refractivity contribution in [2.45, 2.75) is 18.6 Å². The van der Waals surface area contributed by atoms with Gasteiger partial charge < -0.3 is 15.3 Å². The Kier molecular flexibility index (Phi) is 1.11. The number of rotatable bonds is 0. The molecule has 2 fully saturated rings. The molecule has 0 aliphatic carbocycles. The number of urea groups is 1. The molecule has 56 valence electrons. The maximum absolute atomic E-state index is 10.9. The number of hydrogen-bond donors (Lipinski definition) is 2. The van der Waals surface area contributed by atoms with Crippen LogP contribution in [-0.4, -0.2) is 41.3 Å². The Hall–Kier alpha value is -0.770. The molecule has 0 aromatic carbocycles. The largest absolute Gasteiger partial charge is 0.391 e. The van der Waals surface area contributed by atoms with Gasteiger partial charge in [-0.15, -0.1) is 0 Å². The number of fused-ring (bicyclic) bond motifs is 1. The third kappa shape index (κ3) is 0.686. The highest BCUT2D eigenvalue weighted by Crippen LogP contribution is 2.20. The maximum atomic E-state index is 10.9. The maximum Gasteiger partial charge on any atom is 0.317 e. The number of carbonyl (C=O) groups is 1. The van der Waals surface area contributed by atoms with Crippen LogP contribution in [0.4, 0.5) is 4.79 Å². The van der Waals surface area contributed by atoms with Crippen LogP contribution in [0.1, 0.15) is 6.42 Å². The van der Waals surface area contributed by atoms with Crippen molar-refractivity contribution in [2.75, 3.05) is 13.1 Å². The number of amides is 2. The van der Waals surface area contributed by atoms with Gasteiger partial charge in [-0.05, 0) is 6.42 Å². The van der Waals surface area contributed by atoms with Gasteiger partial charge >= 0.3 is 6.03 Å². The highest BCUT2D eigenvalue weighted by Gasteiger charge is 2.38. The Morgan fingerprint density at radius 1 is 1.70 bits per heavy atom. The van der Waals surface area contributed by atoms with Crippen LogP contribution in [0.25, 0.3) is 0 Å². The molecule has 0 saturated carbocycles. The molecule has 2 rings (SSSR count). The van der Waals surface area contributed by atoms with Crippen molar-refractivity contribution in [1.29, 1.82) is 0 Å². The predicted molar refractivity (Wildman–Crippen MR) is 34.5 cm³/mol. The van der Waals surface area contributed by atoms with Gasteiger partial charge in [0, 0.05) is 13.1 Å². The molecule has 2 aliphatic rings. The summed E-state index contributed by atoms with van der Waals surface area (Å²) < 4.78 is 0. The normalized spacial score (nSPS) is 38.1. The van der Waals surface area contributed by atoms with Crippen molar-refractivity contribution >= 4 is 6.03 Å². The summed E-state index contributed by atoms with van der Waals surface area (Å²) in [4.78, 5) is 12.6. The molecule has 0 aromatic rings. The number of nitrogens with one attached hydrogen (secondary N) is 1. The number of hydrogen-bond acceptors (Lipinski definition) is 2. The second kappa shape index (κ2) is 1.85. The lowest BCUT2D eigenvalue weighted by atomic mass is 10.2. The zero-order chi connectivity index (χ0) is 7.14. The fourth-order valence-electron chi connectivity index (χ4n) is 1.64. The average Bonchev–Trinajstić information content (AvgIpc) is 2.35. The SMILES string of the molecule is O=C1NC[C@@H]2CC(O)CN12. The van der Waals surface area contributed by atoms with Gasteiger partial charge in [-0.2, -0.15) is 0 Å². The summed E-state index contributed by atoms with van der Waals surface area (Å²) in [6.45, 7) is 1.21. The molecule has 2 amide bonds. The molecule has 2 saturated heterocycles. The summed E-state index contributed by atoms with van der Waals surface area (Å²) in [5, 5.41) is 11.8. The van der Waals surface area contributed by atoms with E-state index in [-0.39, 0.29) is 18.2 Å². The molecule has 4 nitrogen and oxygen atoms in total. The molecule has 2 N–H and O–H groups in total. The molecule has 2 aliphatic heterocycles. The van der Waals surface area contributed by atoms with E-state index in [9.17, 15) is 4.79 Å². The van der Waals surface area contributed by atoms with Crippen LogP contribution in [0.3, 0.4) is 0 Å². The minimum absolute atomic E-state index is 0.0263. The number of aliphatic hydroxyl groups is 1. The van der Waals surface area contributed by atoms with E-state index in [4.69, 9.17) is 5.11 Å². The van der Waals surface area contributed by atoms with E-state index in [0.717, 1.165) is 6.42 Å². The summed E-state index contributed by atoms with van der Waals surface area (Å²) in [7, 11) is 0. The molecular formula is C6H10N2O2.